The Bertz CT molecular complexity index is 429. The summed E-state index contributed by atoms with van der Waals surface area (Å²) >= 11 is 0. The second-order valence-electron chi connectivity index (χ2n) is 6.18. The lowest BCUT2D eigenvalue weighted by molar-refractivity contribution is -0.140. The fourth-order valence-corrected chi connectivity index (χ4v) is 3.29. The van der Waals surface area contributed by atoms with E-state index in [0.717, 1.165) is 70.8 Å². The second kappa shape index (κ2) is 7.90. The highest BCUT2D eigenvalue weighted by atomic mass is 16.5. The average Bonchev–Trinajstić information content (AvgIpc) is 2.56. The van der Waals surface area contributed by atoms with Crippen LogP contribution < -0.4 is 10.1 Å². The molecule has 2 aliphatic rings. The van der Waals surface area contributed by atoms with Gasteiger partial charge < -0.3 is 19.5 Å². The SMILES string of the molecule is c1cncc(OCCCN[C@@H]2CCOC3(CCOCC3)C2)c1. The van der Waals surface area contributed by atoms with Gasteiger partial charge in [0.15, 0.2) is 0 Å². The first-order valence-corrected chi connectivity index (χ1v) is 8.34. The molecule has 122 valence electrons. The lowest BCUT2D eigenvalue weighted by atomic mass is 9.84. The molecule has 0 aromatic carbocycles. The number of aromatic nitrogens is 1. The van der Waals surface area contributed by atoms with E-state index in [1.165, 1.54) is 0 Å². The molecule has 2 aliphatic heterocycles. The molecule has 2 fully saturated rings. The van der Waals surface area contributed by atoms with Gasteiger partial charge in [-0.3, -0.25) is 4.98 Å². The summed E-state index contributed by atoms with van der Waals surface area (Å²) in [5, 5.41) is 3.66. The van der Waals surface area contributed by atoms with E-state index in [2.05, 4.69) is 10.3 Å². The minimum atomic E-state index is 0.0698. The highest BCUT2D eigenvalue weighted by molar-refractivity contribution is 5.15. The van der Waals surface area contributed by atoms with E-state index in [9.17, 15) is 0 Å². The highest BCUT2D eigenvalue weighted by Gasteiger charge is 2.38. The van der Waals surface area contributed by atoms with Gasteiger partial charge >= 0.3 is 0 Å². The van der Waals surface area contributed by atoms with Gasteiger partial charge in [0.25, 0.3) is 0 Å². The molecule has 22 heavy (non-hydrogen) atoms. The quantitative estimate of drug-likeness (QED) is 0.816. The van der Waals surface area contributed by atoms with Crippen LogP contribution in [0.5, 0.6) is 5.75 Å². The Labute approximate surface area is 132 Å². The summed E-state index contributed by atoms with van der Waals surface area (Å²) in [5.41, 5.74) is 0.0698. The highest BCUT2D eigenvalue weighted by Crippen LogP contribution is 2.34. The molecule has 0 unspecified atom stereocenters. The van der Waals surface area contributed by atoms with Crippen LogP contribution in [0, 0.1) is 0 Å². The maximum Gasteiger partial charge on any atom is 0.137 e. The number of nitrogens with one attached hydrogen (secondary N) is 1. The zero-order valence-electron chi connectivity index (χ0n) is 13.1. The van der Waals surface area contributed by atoms with Gasteiger partial charge in [0, 0.05) is 32.1 Å². The molecule has 0 aliphatic carbocycles. The molecule has 3 rings (SSSR count). The van der Waals surface area contributed by atoms with E-state index in [0.29, 0.717) is 6.04 Å². The second-order valence-corrected chi connectivity index (χ2v) is 6.18. The number of hydrogen-bond donors (Lipinski definition) is 1. The topological polar surface area (TPSA) is 52.6 Å². The van der Waals surface area contributed by atoms with E-state index in [4.69, 9.17) is 14.2 Å². The molecular weight excluding hydrogens is 280 g/mol. The third-order valence-electron chi connectivity index (χ3n) is 4.55. The van der Waals surface area contributed by atoms with Crippen molar-refractivity contribution in [1.29, 1.82) is 0 Å². The van der Waals surface area contributed by atoms with E-state index >= 15 is 0 Å². The predicted octanol–water partition coefficient (Wildman–Crippen LogP) is 2.17. The normalized spacial score (nSPS) is 24.3. The number of hydrogen-bond acceptors (Lipinski definition) is 5. The van der Waals surface area contributed by atoms with Crippen molar-refractivity contribution >= 4 is 0 Å². The van der Waals surface area contributed by atoms with Crippen LogP contribution in [0.3, 0.4) is 0 Å². The summed E-state index contributed by atoms with van der Waals surface area (Å²) in [6.07, 6.45) is 8.80. The molecule has 3 heterocycles. The predicted molar refractivity (Wildman–Crippen MR) is 84.1 cm³/mol. The fraction of sp³-hybridized carbons (Fsp3) is 0.706. The van der Waals surface area contributed by atoms with Crippen LogP contribution in [-0.4, -0.2) is 49.6 Å². The van der Waals surface area contributed by atoms with Crippen molar-refractivity contribution in [1.82, 2.24) is 10.3 Å². The van der Waals surface area contributed by atoms with Crippen molar-refractivity contribution in [3.8, 4) is 5.75 Å². The third kappa shape index (κ3) is 4.41. The Morgan fingerprint density at radius 2 is 2.23 bits per heavy atom. The first-order valence-electron chi connectivity index (χ1n) is 8.34. The van der Waals surface area contributed by atoms with Gasteiger partial charge in [0.1, 0.15) is 5.75 Å². The average molecular weight is 306 g/mol. The van der Waals surface area contributed by atoms with Gasteiger partial charge in [0.2, 0.25) is 0 Å². The molecule has 2 saturated heterocycles. The molecule has 1 N–H and O–H groups in total. The summed E-state index contributed by atoms with van der Waals surface area (Å²) in [4.78, 5) is 4.04. The van der Waals surface area contributed by atoms with E-state index < -0.39 is 0 Å². The van der Waals surface area contributed by atoms with Crippen molar-refractivity contribution in [3.63, 3.8) is 0 Å². The van der Waals surface area contributed by atoms with Gasteiger partial charge in [-0.05, 0) is 50.8 Å². The number of rotatable bonds is 6. The number of nitrogens with zero attached hydrogens (tertiary/aromatic N) is 1. The maximum atomic E-state index is 6.07. The van der Waals surface area contributed by atoms with Gasteiger partial charge in [-0.1, -0.05) is 0 Å². The van der Waals surface area contributed by atoms with Crippen molar-refractivity contribution in [2.45, 2.75) is 43.7 Å². The van der Waals surface area contributed by atoms with E-state index in [-0.39, 0.29) is 5.60 Å². The smallest absolute Gasteiger partial charge is 0.137 e. The summed E-state index contributed by atoms with van der Waals surface area (Å²) in [5.74, 6) is 0.842. The largest absolute Gasteiger partial charge is 0.492 e. The molecule has 1 aromatic heterocycles. The lowest BCUT2D eigenvalue weighted by Gasteiger charge is -2.43. The van der Waals surface area contributed by atoms with Crippen LogP contribution in [0.25, 0.3) is 0 Å². The Balaban J connectivity index is 1.33. The van der Waals surface area contributed by atoms with Gasteiger partial charge in [-0.25, -0.2) is 0 Å². The van der Waals surface area contributed by atoms with Crippen LogP contribution in [0.15, 0.2) is 24.5 Å². The summed E-state index contributed by atoms with van der Waals surface area (Å²) in [7, 11) is 0. The van der Waals surface area contributed by atoms with Crippen LogP contribution in [0.4, 0.5) is 0 Å². The van der Waals surface area contributed by atoms with Crippen molar-refractivity contribution < 1.29 is 14.2 Å². The molecule has 1 aromatic rings. The molecule has 5 heteroatoms. The first kappa shape index (κ1) is 15.7. The molecular formula is C17H26N2O3. The molecule has 1 atom stereocenters. The van der Waals surface area contributed by atoms with Gasteiger partial charge in [-0.2, -0.15) is 0 Å². The molecule has 0 bridgehead atoms. The van der Waals surface area contributed by atoms with E-state index in [1.807, 2.05) is 12.1 Å². The summed E-state index contributed by atoms with van der Waals surface area (Å²) < 4.78 is 17.2. The minimum absolute atomic E-state index is 0.0698. The van der Waals surface area contributed by atoms with Gasteiger partial charge in [0.05, 0.1) is 18.4 Å². The Hall–Kier alpha value is -1.17. The first-order chi connectivity index (χ1) is 10.9. The fourth-order valence-electron chi connectivity index (χ4n) is 3.29. The maximum absolute atomic E-state index is 6.07. The molecule has 0 amide bonds. The molecule has 5 nitrogen and oxygen atoms in total. The zero-order chi connectivity index (χ0) is 15.1. The standard InChI is InChI=1S/C17H26N2O3/c1-3-16(14-18-7-1)21-9-2-8-19-15-4-10-22-17(13-15)5-11-20-12-6-17/h1,3,7,14-15,19H,2,4-6,8-13H2/t15-/m1/s1. The van der Waals surface area contributed by atoms with Crippen molar-refractivity contribution in [3.05, 3.63) is 24.5 Å². The Kier molecular flexibility index (Phi) is 5.64. The molecule has 1 spiro atoms. The van der Waals surface area contributed by atoms with Crippen molar-refractivity contribution in [2.24, 2.45) is 0 Å². The van der Waals surface area contributed by atoms with Crippen LogP contribution in [0.2, 0.25) is 0 Å². The zero-order valence-corrected chi connectivity index (χ0v) is 13.1. The van der Waals surface area contributed by atoms with Crippen LogP contribution >= 0.6 is 0 Å². The van der Waals surface area contributed by atoms with Crippen LogP contribution in [0.1, 0.15) is 32.1 Å². The van der Waals surface area contributed by atoms with Gasteiger partial charge in [-0.15, -0.1) is 0 Å². The molecule has 0 saturated carbocycles. The minimum Gasteiger partial charge on any atom is -0.492 e. The lowest BCUT2D eigenvalue weighted by Crippen LogP contribution is -2.50. The number of pyridine rings is 1. The van der Waals surface area contributed by atoms with Crippen molar-refractivity contribution in [2.75, 3.05) is 33.0 Å². The molecule has 0 radical (unpaired) electrons. The van der Waals surface area contributed by atoms with Crippen LogP contribution in [-0.2, 0) is 9.47 Å². The monoisotopic (exact) mass is 306 g/mol. The summed E-state index contributed by atoms with van der Waals surface area (Å²) in [6.45, 7) is 4.25. The summed E-state index contributed by atoms with van der Waals surface area (Å²) in [6, 6.07) is 4.39. The number of ether oxygens (including phenoxy) is 3. The Morgan fingerprint density at radius 1 is 1.32 bits per heavy atom. The Morgan fingerprint density at radius 3 is 3.05 bits per heavy atom. The van der Waals surface area contributed by atoms with E-state index in [1.54, 1.807) is 12.4 Å². The third-order valence-corrected chi connectivity index (χ3v) is 4.55.